The van der Waals surface area contributed by atoms with Gasteiger partial charge in [0.1, 0.15) is 5.60 Å². The van der Waals surface area contributed by atoms with E-state index in [-0.39, 0.29) is 5.91 Å². The van der Waals surface area contributed by atoms with Crippen molar-refractivity contribution in [3.05, 3.63) is 18.5 Å². The van der Waals surface area contributed by atoms with Crippen LogP contribution < -0.4 is 0 Å². The lowest BCUT2D eigenvalue weighted by molar-refractivity contribution is -0.152. The van der Waals surface area contributed by atoms with Crippen LogP contribution in [0.15, 0.2) is 18.5 Å². The van der Waals surface area contributed by atoms with Gasteiger partial charge in [0.2, 0.25) is 0 Å². The molecule has 0 bridgehead atoms. The fraction of sp³-hybridized carbons (Fsp3) is 0.714. The van der Waals surface area contributed by atoms with Gasteiger partial charge in [-0.1, -0.05) is 0 Å². The van der Waals surface area contributed by atoms with Gasteiger partial charge in [0.05, 0.1) is 6.04 Å². The molecule has 5 nitrogen and oxygen atoms in total. The summed E-state index contributed by atoms with van der Waals surface area (Å²) in [5.41, 5.74) is -1.07. The zero-order valence-corrected chi connectivity index (χ0v) is 11.2. The summed E-state index contributed by atoms with van der Waals surface area (Å²) >= 11 is 0. The second-order valence-corrected chi connectivity index (χ2v) is 5.75. The third kappa shape index (κ3) is 2.39. The third-order valence-corrected chi connectivity index (χ3v) is 4.48. The lowest BCUT2D eigenvalue weighted by Crippen LogP contribution is -2.50. The van der Waals surface area contributed by atoms with Crippen LogP contribution in [0.5, 0.6) is 0 Å². The van der Waals surface area contributed by atoms with Crippen LogP contribution in [0, 0.1) is 0 Å². The molecule has 0 aromatic carbocycles. The van der Waals surface area contributed by atoms with Crippen LogP contribution in [0.3, 0.4) is 0 Å². The SMILES string of the molecule is O=C(N1CCC(n2cccn2)CC1)C1(O)CCCC1. The predicted molar refractivity (Wildman–Crippen MR) is 70.5 cm³/mol. The van der Waals surface area contributed by atoms with E-state index in [0.29, 0.717) is 18.9 Å². The zero-order chi connectivity index (χ0) is 13.3. The molecule has 1 saturated carbocycles. The van der Waals surface area contributed by atoms with Gasteiger partial charge in [-0.15, -0.1) is 0 Å². The zero-order valence-electron chi connectivity index (χ0n) is 11.2. The van der Waals surface area contributed by atoms with Crippen LogP contribution in [-0.2, 0) is 4.79 Å². The highest BCUT2D eigenvalue weighted by Crippen LogP contribution is 2.33. The minimum Gasteiger partial charge on any atom is -0.380 e. The Morgan fingerprint density at radius 2 is 1.95 bits per heavy atom. The maximum Gasteiger partial charge on any atom is 0.254 e. The first-order valence-electron chi connectivity index (χ1n) is 7.20. The number of amides is 1. The first kappa shape index (κ1) is 12.7. The highest BCUT2D eigenvalue weighted by Gasteiger charge is 2.42. The van der Waals surface area contributed by atoms with Gasteiger partial charge in [0.15, 0.2) is 0 Å². The maximum atomic E-state index is 12.4. The molecule has 2 heterocycles. The van der Waals surface area contributed by atoms with Crippen molar-refractivity contribution in [3.63, 3.8) is 0 Å². The second kappa shape index (κ2) is 4.96. The van der Waals surface area contributed by atoms with Crippen molar-refractivity contribution in [2.75, 3.05) is 13.1 Å². The highest BCUT2D eigenvalue weighted by atomic mass is 16.3. The van der Waals surface area contributed by atoms with Crippen LogP contribution in [0.2, 0.25) is 0 Å². The molecule has 0 radical (unpaired) electrons. The average molecular weight is 263 g/mol. The van der Waals surface area contributed by atoms with Crippen molar-refractivity contribution >= 4 is 5.91 Å². The fourth-order valence-electron chi connectivity index (χ4n) is 3.30. The third-order valence-electron chi connectivity index (χ3n) is 4.48. The van der Waals surface area contributed by atoms with Crippen LogP contribution >= 0.6 is 0 Å². The Morgan fingerprint density at radius 3 is 2.53 bits per heavy atom. The number of nitrogens with zero attached hydrogens (tertiary/aromatic N) is 3. The molecule has 2 fully saturated rings. The van der Waals surface area contributed by atoms with Gasteiger partial charge >= 0.3 is 0 Å². The monoisotopic (exact) mass is 263 g/mol. The van der Waals surface area contributed by atoms with Crippen LogP contribution in [-0.4, -0.2) is 44.4 Å². The Hall–Kier alpha value is -1.36. The van der Waals surface area contributed by atoms with Gasteiger partial charge in [-0.3, -0.25) is 9.48 Å². The summed E-state index contributed by atoms with van der Waals surface area (Å²) in [7, 11) is 0. The first-order valence-corrected chi connectivity index (χ1v) is 7.20. The Kier molecular flexibility index (Phi) is 3.31. The quantitative estimate of drug-likeness (QED) is 0.876. The van der Waals surface area contributed by atoms with E-state index < -0.39 is 5.60 Å². The first-order chi connectivity index (χ1) is 9.19. The van der Waals surface area contributed by atoms with Crippen molar-refractivity contribution in [2.24, 2.45) is 0 Å². The Bertz CT molecular complexity index is 430. The van der Waals surface area contributed by atoms with E-state index >= 15 is 0 Å². The number of hydrogen-bond donors (Lipinski definition) is 1. The van der Waals surface area contributed by atoms with Gasteiger partial charge in [0.25, 0.3) is 5.91 Å². The predicted octanol–water partition coefficient (Wildman–Crippen LogP) is 1.35. The van der Waals surface area contributed by atoms with Crippen molar-refractivity contribution in [2.45, 2.75) is 50.2 Å². The highest BCUT2D eigenvalue weighted by molar-refractivity contribution is 5.85. The molecule has 1 amide bonds. The largest absolute Gasteiger partial charge is 0.380 e. The number of likely N-dealkylation sites (tertiary alicyclic amines) is 1. The molecule has 0 atom stereocenters. The normalized spacial score (nSPS) is 23.7. The van der Waals surface area contributed by atoms with Crippen molar-refractivity contribution in [1.29, 1.82) is 0 Å². The number of carbonyl (C=O) groups is 1. The topological polar surface area (TPSA) is 58.4 Å². The maximum absolute atomic E-state index is 12.4. The van der Waals surface area contributed by atoms with E-state index in [4.69, 9.17) is 0 Å². The van der Waals surface area contributed by atoms with E-state index in [1.165, 1.54) is 0 Å². The molecular formula is C14H21N3O2. The van der Waals surface area contributed by atoms with E-state index in [9.17, 15) is 9.90 Å². The Balaban J connectivity index is 1.59. The lowest BCUT2D eigenvalue weighted by atomic mass is 9.97. The van der Waals surface area contributed by atoms with E-state index in [1.807, 2.05) is 21.8 Å². The number of rotatable bonds is 2. The van der Waals surface area contributed by atoms with Gasteiger partial charge in [-0.2, -0.15) is 5.10 Å². The van der Waals surface area contributed by atoms with Crippen molar-refractivity contribution in [3.8, 4) is 0 Å². The van der Waals surface area contributed by atoms with Gasteiger partial charge in [0, 0.05) is 25.5 Å². The number of piperidine rings is 1. The molecule has 1 aromatic rings. The van der Waals surface area contributed by atoms with Gasteiger partial charge < -0.3 is 10.0 Å². The molecule has 5 heteroatoms. The Morgan fingerprint density at radius 1 is 1.26 bits per heavy atom. The second-order valence-electron chi connectivity index (χ2n) is 5.75. The summed E-state index contributed by atoms with van der Waals surface area (Å²) in [6.45, 7) is 1.46. The standard InChI is InChI=1S/C14H21N3O2/c18-13(14(19)6-1-2-7-14)16-10-4-12(5-11-16)17-9-3-8-15-17/h3,8-9,12,19H,1-2,4-7,10-11H2. The van der Waals surface area contributed by atoms with Crippen molar-refractivity contribution in [1.82, 2.24) is 14.7 Å². The minimum atomic E-state index is -1.07. The van der Waals surface area contributed by atoms with E-state index in [0.717, 1.165) is 38.8 Å². The molecule has 1 aromatic heterocycles. The van der Waals surface area contributed by atoms with E-state index in [2.05, 4.69) is 5.10 Å². The van der Waals surface area contributed by atoms with Crippen LogP contribution in [0.1, 0.15) is 44.6 Å². The molecule has 0 unspecified atom stereocenters. The molecule has 1 aliphatic heterocycles. The number of carbonyl (C=O) groups excluding carboxylic acids is 1. The van der Waals surface area contributed by atoms with E-state index in [1.54, 1.807) is 6.20 Å². The average Bonchev–Trinajstić information content (AvgIpc) is 3.10. The van der Waals surface area contributed by atoms with Crippen molar-refractivity contribution < 1.29 is 9.90 Å². The molecule has 1 N–H and O–H groups in total. The number of aliphatic hydroxyl groups is 1. The summed E-state index contributed by atoms with van der Waals surface area (Å²) < 4.78 is 1.98. The molecule has 19 heavy (non-hydrogen) atoms. The Labute approximate surface area is 113 Å². The molecule has 1 saturated heterocycles. The summed E-state index contributed by atoms with van der Waals surface area (Å²) in [6.07, 6.45) is 8.80. The fourth-order valence-corrected chi connectivity index (χ4v) is 3.30. The van der Waals surface area contributed by atoms with Crippen LogP contribution in [0.4, 0.5) is 0 Å². The molecule has 1 aliphatic carbocycles. The summed E-state index contributed by atoms with van der Waals surface area (Å²) in [4.78, 5) is 14.2. The molecular weight excluding hydrogens is 242 g/mol. The lowest BCUT2D eigenvalue weighted by Gasteiger charge is -2.36. The molecule has 2 aliphatic rings. The molecule has 0 spiro atoms. The summed E-state index contributed by atoms with van der Waals surface area (Å²) in [5, 5.41) is 14.6. The summed E-state index contributed by atoms with van der Waals surface area (Å²) in [6, 6.07) is 2.32. The summed E-state index contributed by atoms with van der Waals surface area (Å²) in [5.74, 6) is -0.0519. The van der Waals surface area contributed by atoms with Gasteiger partial charge in [-0.25, -0.2) is 0 Å². The smallest absolute Gasteiger partial charge is 0.254 e. The minimum absolute atomic E-state index is 0.0519. The number of hydrogen-bond acceptors (Lipinski definition) is 3. The van der Waals surface area contributed by atoms with Gasteiger partial charge in [-0.05, 0) is 44.6 Å². The number of aromatic nitrogens is 2. The molecule has 3 rings (SSSR count). The van der Waals surface area contributed by atoms with Crippen LogP contribution in [0.25, 0.3) is 0 Å². The molecule has 104 valence electrons.